The van der Waals surface area contributed by atoms with Gasteiger partial charge in [0.05, 0.1) is 22.5 Å². The van der Waals surface area contributed by atoms with Crippen molar-refractivity contribution in [3.05, 3.63) is 69.5 Å². The number of carbonyl (C=O) groups excluding carboxylic acids is 1. The topological polar surface area (TPSA) is 29.1 Å². The van der Waals surface area contributed by atoms with Crippen molar-refractivity contribution in [3.8, 4) is 0 Å². The van der Waals surface area contributed by atoms with Crippen LogP contribution in [0.3, 0.4) is 0 Å². The minimum Gasteiger partial charge on any atom is -0.349 e. The van der Waals surface area contributed by atoms with Crippen molar-refractivity contribution in [1.29, 1.82) is 0 Å². The molecular formula is C16H14Cl2FNO. The molecule has 0 saturated carbocycles. The number of rotatable bonds is 4. The number of halogens is 3. The summed E-state index contributed by atoms with van der Waals surface area (Å²) in [7, 11) is 0. The maximum Gasteiger partial charge on any atom is 0.224 e. The Morgan fingerprint density at radius 2 is 1.95 bits per heavy atom. The van der Waals surface area contributed by atoms with Crippen molar-refractivity contribution < 1.29 is 9.18 Å². The fourth-order valence-electron chi connectivity index (χ4n) is 1.99. The molecule has 2 aromatic carbocycles. The van der Waals surface area contributed by atoms with Crippen molar-refractivity contribution in [3.63, 3.8) is 0 Å². The summed E-state index contributed by atoms with van der Waals surface area (Å²) in [5.41, 5.74) is 1.49. The molecule has 1 amide bonds. The molecule has 0 aliphatic carbocycles. The molecule has 0 aliphatic rings. The van der Waals surface area contributed by atoms with Gasteiger partial charge in [-0.05, 0) is 42.3 Å². The lowest BCUT2D eigenvalue weighted by Crippen LogP contribution is -2.28. The van der Waals surface area contributed by atoms with E-state index in [0.717, 1.165) is 5.56 Å². The van der Waals surface area contributed by atoms with Crippen molar-refractivity contribution in [1.82, 2.24) is 5.32 Å². The minimum atomic E-state index is -0.349. The number of amides is 1. The Labute approximate surface area is 132 Å². The number of hydrogen-bond donors (Lipinski definition) is 1. The maximum absolute atomic E-state index is 13.1. The smallest absolute Gasteiger partial charge is 0.224 e. The van der Waals surface area contributed by atoms with Crippen LogP contribution in [-0.4, -0.2) is 5.91 Å². The highest BCUT2D eigenvalue weighted by Gasteiger charge is 2.11. The van der Waals surface area contributed by atoms with E-state index in [9.17, 15) is 9.18 Å². The molecule has 2 nitrogen and oxygen atoms in total. The molecular weight excluding hydrogens is 312 g/mol. The van der Waals surface area contributed by atoms with Gasteiger partial charge in [-0.25, -0.2) is 4.39 Å². The predicted octanol–water partition coefficient (Wildman–Crippen LogP) is 4.55. The molecule has 0 radical (unpaired) electrons. The van der Waals surface area contributed by atoms with Gasteiger partial charge in [0.2, 0.25) is 5.91 Å². The highest BCUT2D eigenvalue weighted by Crippen LogP contribution is 2.25. The van der Waals surface area contributed by atoms with E-state index in [1.807, 2.05) is 6.92 Å². The van der Waals surface area contributed by atoms with Gasteiger partial charge in [-0.1, -0.05) is 41.4 Å². The Bertz CT molecular complexity index is 660. The lowest BCUT2D eigenvalue weighted by atomic mass is 10.1. The zero-order valence-electron chi connectivity index (χ0n) is 11.4. The molecule has 0 fully saturated rings. The molecule has 0 saturated heterocycles. The predicted molar refractivity (Wildman–Crippen MR) is 83.1 cm³/mol. The summed E-state index contributed by atoms with van der Waals surface area (Å²) < 4.78 is 13.1. The molecule has 1 unspecified atom stereocenters. The van der Waals surface area contributed by atoms with E-state index < -0.39 is 0 Å². The second-order valence-electron chi connectivity index (χ2n) is 4.77. The quantitative estimate of drug-likeness (QED) is 0.877. The van der Waals surface area contributed by atoms with Gasteiger partial charge < -0.3 is 5.32 Å². The van der Waals surface area contributed by atoms with E-state index in [2.05, 4.69) is 5.32 Å². The van der Waals surface area contributed by atoms with E-state index >= 15 is 0 Å². The van der Waals surface area contributed by atoms with Gasteiger partial charge in [-0.3, -0.25) is 4.79 Å². The maximum atomic E-state index is 13.1. The molecule has 5 heteroatoms. The molecule has 0 bridgehead atoms. The summed E-state index contributed by atoms with van der Waals surface area (Å²) in [6, 6.07) is 11.0. The number of carbonyl (C=O) groups is 1. The summed E-state index contributed by atoms with van der Waals surface area (Å²) in [6.45, 7) is 1.85. The van der Waals surface area contributed by atoms with E-state index in [-0.39, 0.29) is 24.2 Å². The van der Waals surface area contributed by atoms with Gasteiger partial charge >= 0.3 is 0 Å². The summed E-state index contributed by atoms with van der Waals surface area (Å²) in [5, 5.41) is 3.76. The largest absolute Gasteiger partial charge is 0.349 e. The van der Waals surface area contributed by atoms with Gasteiger partial charge in [0.1, 0.15) is 5.82 Å². The molecule has 2 aromatic rings. The third kappa shape index (κ3) is 4.45. The first kappa shape index (κ1) is 15.8. The highest BCUT2D eigenvalue weighted by atomic mass is 35.5. The fraction of sp³-hybridized carbons (Fsp3) is 0.188. The van der Waals surface area contributed by atoms with Crippen LogP contribution in [0.2, 0.25) is 10.0 Å². The average molecular weight is 326 g/mol. The molecule has 0 aromatic heterocycles. The Hall–Kier alpha value is -1.58. The van der Waals surface area contributed by atoms with E-state index in [4.69, 9.17) is 23.2 Å². The van der Waals surface area contributed by atoms with Crippen molar-refractivity contribution in [2.45, 2.75) is 19.4 Å². The normalized spacial score (nSPS) is 12.0. The van der Waals surface area contributed by atoms with Crippen molar-refractivity contribution >= 4 is 29.1 Å². The molecule has 0 heterocycles. The highest BCUT2D eigenvalue weighted by molar-refractivity contribution is 6.42. The monoisotopic (exact) mass is 325 g/mol. The van der Waals surface area contributed by atoms with Crippen LogP contribution < -0.4 is 5.32 Å². The van der Waals surface area contributed by atoms with E-state index in [1.165, 1.54) is 12.1 Å². The van der Waals surface area contributed by atoms with Crippen LogP contribution in [0.25, 0.3) is 0 Å². The SMILES string of the molecule is CC(NC(=O)Cc1cccc(F)c1)c1ccc(Cl)c(Cl)c1. The van der Waals surface area contributed by atoms with Gasteiger partial charge in [-0.15, -0.1) is 0 Å². The summed E-state index contributed by atoms with van der Waals surface area (Å²) in [5.74, 6) is -0.531. The van der Waals surface area contributed by atoms with Crippen LogP contribution in [0.15, 0.2) is 42.5 Å². The van der Waals surface area contributed by atoms with E-state index in [0.29, 0.717) is 15.6 Å². The van der Waals surface area contributed by atoms with Gasteiger partial charge in [0, 0.05) is 0 Å². The lowest BCUT2D eigenvalue weighted by Gasteiger charge is -2.15. The minimum absolute atomic E-state index is 0.128. The molecule has 0 spiro atoms. The average Bonchev–Trinajstić information content (AvgIpc) is 2.41. The van der Waals surface area contributed by atoms with Crippen LogP contribution >= 0.6 is 23.2 Å². The Morgan fingerprint density at radius 3 is 2.62 bits per heavy atom. The second-order valence-corrected chi connectivity index (χ2v) is 5.58. The molecule has 2 rings (SSSR count). The first-order chi connectivity index (χ1) is 9.95. The standard InChI is InChI=1S/C16H14Cl2FNO/c1-10(12-5-6-14(17)15(18)9-12)20-16(21)8-11-3-2-4-13(19)7-11/h2-7,9-10H,8H2,1H3,(H,20,21). The molecule has 1 N–H and O–H groups in total. The Morgan fingerprint density at radius 1 is 1.19 bits per heavy atom. The Kier molecular flexibility index (Phi) is 5.21. The van der Waals surface area contributed by atoms with Crippen LogP contribution in [0.1, 0.15) is 24.1 Å². The zero-order chi connectivity index (χ0) is 15.4. The molecule has 0 aliphatic heterocycles. The fourth-order valence-corrected chi connectivity index (χ4v) is 2.30. The summed E-state index contributed by atoms with van der Waals surface area (Å²) in [4.78, 5) is 12.0. The summed E-state index contributed by atoms with van der Waals surface area (Å²) >= 11 is 11.8. The lowest BCUT2D eigenvalue weighted by molar-refractivity contribution is -0.121. The molecule has 1 atom stereocenters. The first-order valence-electron chi connectivity index (χ1n) is 6.44. The van der Waals surface area contributed by atoms with Crippen LogP contribution in [-0.2, 0) is 11.2 Å². The van der Waals surface area contributed by atoms with Crippen molar-refractivity contribution in [2.24, 2.45) is 0 Å². The van der Waals surface area contributed by atoms with Gasteiger partial charge in [0.15, 0.2) is 0 Å². The third-order valence-corrected chi connectivity index (χ3v) is 3.81. The molecule has 110 valence electrons. The third-order valence-electron chi connectivity index (χ3n) is 3.07. The van der Waals surface area contributed by atoms with Crippen molar-refractivity contribution in [2.75, 3.05) is 0 Å². The number of nitrogens with one attached hydrogen (secondary N) is 1. The van der Waals surface area contributed by atoms with Gasteiger partial charge in [-0.2, -0.15) is 0 Å². The number of benzene rings is 2. The van der Waals surface area contributed by atoms with Crippen LogP contribution in [0.5, 0.6) is 0 Å². The Balaban J connectivity index is 2.00. The van der Waals surface area contributed by atoms with E-state index in [1.54, 1.807) is 30.3 Å². The summed E-state index contributed by atoms with van der Waals surface area (Å²) in [6.07, 6.45) is 0.128. The van der Waals surface area contributed by atoms with Crippen LogP contribution in [0.4, 0.5) is 4.39 Å². The second kappa shape index (κ2) is 6.92. The van der Waals surface area contributed by atoms with Crippen LogP contribution in [0, 0.1) is 5.82 Å². The molecule has 21 heavy (non-hydrogen) atoms. The zero-order valence-corrected chi connectivity index (χ0v) is 12.9. The number of hydrogen-bond acceptors (Lipinski definition) is 1. The first-order valence-corrected chi connectivity index (χ1v) is 7.20. The van der Waals surface area contributed by atoms with Gasteiger partial charge in [0.25, 0.3) is 0 Å².